The van der Waals surface area contributed by atoms with Crippen LogP contribution in [-0.2, 0) is 23.9 Å². The molecule has 3 amide bonds. The summed E-state index contributed by atoms with van der Waals surface area (Å²) in [7, 11) is 0. The quantitative estimate of drug-likeness (QED) is 0.237. The normalized spacial score (nSPS) is 25.7. The van der Waals surface area contributed by atoms with E-state index in [1.807, 2.05) is 0 Å². The third-order valence-corrected chi connectivity index (χ3v) is 7.74. The third kappa shape index (κ3) is 6.55. The fourth-order valence-electron chi connectivity index (χ4n) is 4.57. The Morgan fingerprint density at radius 2 is 1.87 bits per heavy atom. The number of halogens is 3. The lowest BCUT2D eigenvalue weighted by atomic mass is 10.0. The lowest BCUT2D eigenvalue weighted by molar-refractivity contribution is -0.192. The minimum atomic E-state index is -5.08. The lowest BCUT2D eigenvalue weighted by Crippen LogP contribution is -2.68. The molecule has 0 bridgehead atoms. The van der Waals surface area contributed by atoms with Gasteiger partial charge in [0.05, 0.1) is 6.04 Å². The zero-order valence-corrected chi connectivity index (χ0v) is 21.4. The molecule has 4 aliphatic rings. The maximum Gasteiger partial charge on any atom is 0.490 e. The van der Waals surface area contributed by atoms with Crippen molar-refractivity contribution in [2.24, 2.45) is 5.73 Å². The number of β-lactam (4-membered cyclic amide) rings is 1. The Labute approximate surface area is 224 Å². The average molecular weight is 577 g/mol. The Kier molecular flexibility index (Phi) is 9.32. The van der Waals surface area contributed by atoms with Crippen LogP contribution in [-0.4, -0.2) is 110 Å². The van der Waals surface area contributed by atoms with Crippen molar-refractivity contribution in [2.75, 3.05) is 32.0 Å². The first-order valence-corrected chi connectivity index (χ1v) is 12.8. The number of carbonyl (C=O) groups excluding carboxylic acids is 3. The van der Waals surface area contributed by atoms with Gasteiger partial charge in [-0.25, -0.2) is 14.4 Å². The zero-order chi connectivity index (χ0) is 29.1. The van der Waals surface area contributed by atoms with Crippen LogP contribution in [0.3, 0.4) is 0 Å². The molecule has 0 radical (unpaired) electrons. The molecule has 4 rings (SSSR count). The van der Waals surface area contributed by atoms with E-state index < -0.39 is 36.2 Å². The highest BCUT2D eigenvalue weighted by Crippen LogP contribution is 2.40. The van der Waals surface area contributed by atoms with Crippen LogP contribution in [0, 0.1) is 0 Å². The summed E-state index contributed by atoms with van der Waals surface area (Å²) in [5.41, 5.74) is 6.64. The molecule has 4 N–H and O–H groups in total. The minimum absolute atomic E-state index is 0.0915. The van der Waals surface area contributed by atoms with Gasteiger partial charge in [-0.2, -0.15) is 13.2 Å². The summed E-state index contributed by atoms with van der Waals surface area (Å²) in [6.07, 6.45) is -0.260. The largest absolute Gasteiger partial charge is 0.490 e. The van der Waals surface area contributed by atoms with Crippen LogP contribution in [0.4, 0.5) is 18.0 Å². The third-order valence-electron chi connectivity index (χ3n) is 6.41. The first-order valence-electron chi connectivity index (χ1n) is 11.8. The van der Waals surface area contributed by atoms with Crippen molar-refractivity contribution in [2.45, 2.75) is 42.9 Å². The highest BCUT2D eigenvalue weighted by molar-refractivity contribution is 8.00. The molecule has 4 heterocycles. The maximum atomic E-state index is 13.0. The smallest absolute Gasteiger partial charge is 0.477 e. The number of hydrogen-bond donors (Lipinski definition) is 3. The number of thioether (sulfide) groups is 1. The molecule has 16 heteroatoms. The van der Waals surface area contributed by atoms with Gasteiger partial charge in [-0.05, 0) is 30.9 Å². The van der Waals surface area contributed by atoms with E-state index in [1.165, 1.54) is 22.7 Å². The topological polar surface area (TPSA) is 171 Å². The van der Waals surface area contributed by atoms with Gasteiger partial charge in [-0.3, -0.25) is 14.5 Å². The number of ether oxygens (including phenoxy) is 1. The number of nitrogens with two attached hydrogens (primary N) is 1. The molecule has 12 nitrogen and oxygen atoms in total. The van der Waals surface area contributed by atoms with E-state index in [9.17, 15) is 37.5 Å². The monoisotopic (exact) mass is 576 g/mol. The molecular formula is C23H27F3N4O8S. The van der Waals surface area contributed by atoms with Crippen molar-refractivity contribution in [1.82, 2.24) is 14.7 Å². The molecule has 4 aliphatic heterocycles. The molecule has 39 heavy (non-hydrogen) atoms. The number of hydrogen-bond acceptors (Lipinski definition) is 8. The molecule has 0 aliphatic carbocycles. The number of alkyl halides is 3. The van der Waals surface area contributed by atoms with Crippen LogP contribution < -0.4 is 5.73 Å². The van der Waals surface area contributed by atoms with Gasteiger partial charge in [0.2, 0.25) is 11.8 Å². The van der Waals surface area contributed by atoms with Crippen molar-refractivity contribution in [1.29, 1.82) is 0 Å². The van der Waals surface area contributed by atoms with E-state index in [4.69, 9.17) is 20.4 Å². The minimum Gasteiger partial charge on any atom is -0.477 e. The molecule has 214 valence electrons. The summed E-state index contributed by atoms with van der Waals surface area (Å²) in [5.74, 6) is -4.18. The molecule has 3 fully saturated rings. The summed E-state index contributed by atoms with van der Waals surface area (Å²) in [4.78, 5) is 62.7. The van der Waals surface area contributed by atoms with E-state index >= 15 is 0 Å². The van der Waals surface area contributed by atoms with Gasteiger partial charge < -0.3 is 30.5 Å². The van der Waals surface area contributed by atoms with Gasteiger partial charge in [-0.15, -0.1) is 11.8 Å². The van der Waals surface area contributed by atoms with Gasteiger partial charge in [-0.1, -0.05) is 12.7 Å². The Balaban J connectivity index is 0.000000532. The summed E-state index contributed by atoms with van der Waals surface area (Å²) in [5, 5.41) is 16.4. The van der Waals surface area contributed by atoms with Crippen LogP contribution in [0.25, 0.3) is 0 Å². The average Bonchev–Trinajstić information content (AvgIpc) is 3.48. The van der Waals surface area contributed by atoms with E-state index in [1.54, 1.807) is 15.9 Å². The summed E-state index contributed by atoms with van der Waals surface area (Å²) in [6, 6.07) is -0.810. The maximum absolute atomic E-state index is 13.0. The number of fused-ring (bicyclic) bond motifs is 1. The first kappa shape index (κ1) is 30.0. The highest BCUT2D eigenvalue weighted by Gasteiger charge is 2.51. The molecule has 0 saturated carbocycles. The number of carboxylic acid groups (broad SMARTS) is 2. The van der Waals surface area contributed by atoms with Crippen LogP contribution in [0.1, 0.15) is 19.3 Å². The van der Waals surface area contributed by atoms with Gasteiger partial charge in [0, 0.05) is 31.0 Å². The van der Waals surface area contributed by atoms with E-state index in [0.717, 1.165) is 12.8 Å². The zero-order valence-electron chi connectivity index (χ0n) is 20.6. The van der Waals surface area contributed by atoms with E-state index in [0.29, 0.717) is 43.0 Å². The van der Waals surface area contributed by atoms with Crippen LogP contribution in [0.15, 0.2) is 35.6 Å². The molecular weight excluding hydrogens is 549 g/mol. The Hall–Kier alpha value is -3.53. The molecule has 0 spiro atoms. The number of rotatable bonds is 6. The van der Waals surface area contributed by atoms with Crippen molar-refractivity contribution in [3.63, 3.8) is 0 Å². The van der Waals surface area contributed by atoms with Crippen LogP contribution in [0.2, 0.25) is 0 Å². The summed E-state index contributed by atoms with van der Waals surface area (Å²) >= 11 is 1.40. The number of likely N-dealkylation sites (tertiary alicyclic amines) is 2. The number of carbonyl (C=O) groups is 5. The van der Waals surface area contributed by atoms with Crippen molar-refractivity contribution < 1.29 is 52.1 Å². The standard InChI is InChI=1S/C21H26N4O6S.C2HF3O2/c1-2-8-31-21(30)24-6-3-4-14(24)10-23-7-5-12(17(23)26)9-13-11-32-19-15(22)18(27)25(19)16(13)20(28)29;3-2(4,5)1(6)7/h2,9,14-15,19H,1,3-8,10-11,22H2,(H,28,29);(H,6,7)/b12-9+;/t14-,15+,19+;/m0./s1. The Bertz CT molecular complexity index is 1130. The lowest BCUT2D eigenvalue weighted by Gasteiger charge is -2.47. The predicted octanol–water partition coefficient (Wildman–Crippen LogP) is 1.15. The van der Waals surface area contributed by atoms with E-state index in [-0.39, 0.29) is 29.6 Å². The number of nitrogens with zero attached hydrogens (tertiary/aromatic N) is 3. The predicted molar refractivity (Wildman–Crippen MR) is 130 cm³/mol. The van der Waals surface area contributed by atoms with Gasteiger partial charge in [0.25, 0.3) is 0 Å². The van der Waals surface area contributed by atoms with Crippen molar-refractivity contribution in [3.8, 4) is 0 Å². The van der Waals surface area contributed by atoms with Gasteiger partial charge in [0.1, 0.15) is 23.7 Å². The second-order valence-corrected chi connectivity index (χ2v) is 10.0. The number of allylic oxidation sites excluding steroid dienone is 1. The summed E-state index contributed by atoms with van der Waals surface area (Å²) in [6.45, 7) is 5.17. The number of carboxylic acids is 2. The molecule has 0 aromatic rings. The van der Waals surface area contributed by atoms with Gasteiger partial charge in [0.15, 0.2) is 0 Å². The number of amides is 3. The molecule has 3 atom stereocenters. The fraction of sp³-hybridized carbons (Fsp3) is 0.522. The van der Waals surface area contributed by atoms with E-state index in [2.05, 4.69) is 6.58 Å². The van der Waals surface area contributed by atoms with Crippen molar-refractivity contribution in [3.05, 3.63) is 35.6 Å². The molecule has 0 aromatic carbocycles. The Morgan fingerprint density at radius 3 is 2.46 bits per heavy atom. The summed E-state index contributed by atoms with van der Waals surface area (Å²) < 4.78 is 36.9. The second-order valence-electron chi connectivity index (χ2n) is 8.94. The molecule has 0 unspecified atom stereocenters. The Morgan fingerprint density at radius 1 is 1.21 bits per heavy atom. The molecule has 0 aromatic heterocycles. The highest BCUT2D eigenvalue weighted by atomic mass is 32.2. The van der Waals surface area contributed by atoms with Gasteiger partial charge >= 0.3 is 24.2 Å². The molecule has 3 saturated heterocycles. The second kappa shape index (κ2) is 12.1. The van der Waals surface area contributed by atoms with Crippen LogP contribution in [0.5, 0.6) is 0 Å². The SMILES string of the molecule is C=CCOC(=O)N1CCC[C@H]1CN1CC/C(=C\C2=C(C(=O)O)N3C(=O)[C@@H](N)[C@H]3SC2)C1=O.O=C(O)C(F)(F)F. The van der Waals surface area contributed by atoms with Crippen molar-refractivity contribution >= 4 is 41.6 Å². The van der Waals surface area contributed by atoms with Crippen LogP contribution >= 0.6 is 11.8 Å². The first-order chi connectivity index (χ1) is 18.3. The fourth-order valence-corrected chi connectivity index (χ4v) is 5.82. The number of aliphatic carboxylic acids is 2.